The van der Waals surface area contributed by atoms with Gasteiger partial charge in [-0.15, -0.1) is 0 Å². The Morgan fingerprint density at radius 2 is 1.80 bits per heavy atom. The fraction of sp³-hybridized carbons (Fsp3) is 0.929. The van der Waals surface area contributed by atoms with Crippen molar-refractivity contribution in [2.75, 3.05) is 6.54 Å². The van der Waals surface area contributed by atoms with Crippen molar-refractivity contribution in [3.05, 3.63) is 11.6 Å². The van der Waals surface area contributed by atoms with Gasteiger partial charge in [0, 0.05) is 0 Å². The molecule has 0 aromatic heterocycles. The van der Waals surface area contributed by atoms with Crippen molar-refractivity contribution in [2.24, 2.45) is 58.0 Å². The molecule has 0 aliphatic heterocycles. The Kier molecular flexibility index (Phi) is 6.50. The molecule has 30 heavy (non-hydrogen) atoms. The number of hydrogen-bond donors (Lipinski definition) is 2. The zero-order chi connectivity index (χ0) is 21.7. The van der Waals surface area contributed by atoms with E-state index < -0.39 is 0 Å². The van der Waals surface area contributed by atoms with E-state index in [0.29, 0.717) is 16.7 Å². The molecule has 0 heterocycles. The quantitative estimate of drug-likeness (QED) is 0.482. The van der Waals surface area contributed by atoms with Crippen LogP contribution in [0.4, 0.5) is 0 Å². The van der Waals surface area contributed by atoms with Gasteiger partial charge in [0.1, 0.15) is 0 Å². The monoisotopic (exact) mass is 415 g/mol. The molecule has 4 rings (SSSR count). The number of fused-ring (bicyclic) bond motifs is 5. The van der Waals surface area contributed by atoms with E-state index in [9.17, 15) is 5.11 Å². The Bertz CT molecular complexity index is 641. The van der Waals surface area contributed by atoms with Gasteiger partial charge in [-0.1, -0.05) is 65.5 Å². The van der Waals surface area contributed by atoms with Crippen LogP contribution in [0.5, 0.6) is 0 Å². The zero-order valence-corrected chi connectivity index (χ0v) is 20.5. The van der Waals surface area contributed by atoms with Crippen molar-refractivity contribution in [2.45, 2.75) is 105 Å². The van der Waals surface area contributed by atoms with Crippen LogP contribution in [0.1, 0.15) is 98.8 Å². The van der Waals surface area contributed by atoms with Gasteiger partial charge in [0.05, 0.1) is 6.10 Å². The second-order valence-electron chi connectivity index (χ2n) is 12.7. The largest absolute Gasteiger partial charge is 0.393 e. The van der Waals surface area contributed by atoms with Crippen LogP contribution in [0.2, 0.25) is 0 Å². The lowest BCUT2D eigenvalue weighted by Gasteiger charge is -2.60. The molecule has 0 aromatic rings. The highest BCUT2D eigenvalue weighted by Crippen LogP contribution is 2.68. The van der Waals surface area contributed by atoms with Crippen LogP contribution >= 0.6 is 0 Å². The summed E-state index contributed by atoms with van der Waals surface area (Å²) in [5, 5.41) is 10.3. The second-order valence-corrected chi connectivity index (χ2v) is 12.7. The summed E-state index contributed by atoms with van der Waals surface area (Å²) in [7, 11) is 0. The summed E-state index contributed by atoms with van der Waals surface area (Å²) in [6.45, 7) is 13.3. The topological polar surface area (TPSA) is 46.2 Å². The molecule has 3 fully saturated rings. The van der Waals surface area contributed by atoms with Crippen molar-refractivity contribution < 1.29 is 5.11 Å². The maximum atomic E-state index is 10.3. The molecule has 3 N–H and O–H groups in total. The van der Waals surface area contributed by atoms with Crippen LogP contribution < -0.4 is 5.73 Å². The molecule has 0 spiro atoms. The molecule has 2 heteroatoms. The Morgan fingerprint density at radius 1 is 1.03 bits per heavy atom. The molecular weight excluding hydrogens is 366 g/mol. The van der Waals surface area contributed by atoms with Gasteiger partial charge in [-0.2, -0.15) is 0 Å². The van der Waals surface area contributed by atoms with E-state index in [1.165, 1.54) is 51.4 Å². The summed E-state index contributed by atoms with van der Waals surface area (Å²) in [5.41, 5.74) is 8.80. The van der Waals surface area contributed by atoms with Crippen molar-refractivity contribution in [3.63, 3.8) is 0 Å². The minimum atomic E-state index is -0.129. The minimum absolute atomic E-state index is 0.129. The van der Waals surface area contributed by atoms with Crippen LogP contribution in [-0.2, 0) is 0 Å². The summed E-state index contributed by atoms with van der Waals surface area (Å²) in [5.74, 6) is 5.54. The molecule has 3 saturated carbocycles. The lowest BCUT2D eigenvalue weighted by Crippen LogP contribution is -2.54. The smallest absolute Gasteiger partial charge is 0.0577 e. The summed E-state index contributed by atoms with van der Waals surface area (Å²) >= 11 is 0. The maximum Gasteiger partial charge on any atom is 0.0577 e. The van der Waals surface area contributed by atoms with Gasteiger partial charge in [0.25, 0.3) is 0 Å². The van der Waals surface area contributed by atoms with Crippen LogP contribution in [-0.4, -0.2) is 17.8 Å². The molecule has 172 valence electrons. The zero-order valence-electron chi connectivity index (χ0n) is 20.5. The summed E-state index contributed by atoms with van der Waals surface area (Å²) in [4.78, 5) is 0. The molecular formula is C28H49NO. The van der Waals surface area contributed by atoms with Crippen LogP contribution in [0, 0.1) is 52.3 Å². The average Bonchev–Trinajstić information content (AvgIpc) is 3.05. The highest BCUT2D eigenvalue weighted by Gasteiger charge is 2.60. The molecule has 4 aliphatic carbocycles. The lowest BCUT2D eigenvalue weighted by atomic mass is 9.45. The summed E-state index contributed by atoms with van der Waals surface area (Å²) in [6.07, 6.45) is 15.4. The van der Waals surface area contributed by atoms with E-state index in [1.807, 2.05) is 0 Å². The van der Waals surface area contributed by atoms with Gasteiger partial charge in [-0.25, -0.2) is 0 Å². The van der Waals surface area contributed by atoms with Gasteiger partial charge in [0.15, 0.2) is 0 Å². The predicted octanol–water partition coefficient (Wildman–Crippen LogP) is 6.57. The van der Waals surface area contributed by atoms with Crippen molar-refractivity contribution in [3.8, 4) is 0 Å². The number of rotatable bonds is 6. The minimum Gasteiger partial charge on any atom is -0.393 e. The third kappa shape index (κ3) is 3.72. The Hall–Kier alpha value is -0.340. The molecule has 0 amide bonds. The van der Waals surface area contributed by atoms with Gasteiger partial charge in [-0.05, 0) is 104 Å². The Balaban J connectivity index is 1.56. The standard InChI is InChI=1S/C28H49NO/c1-18(2)7-6-8-19(3)23-9-10-24-26-20(17-29)15-21-16-22(30)11-13-27(21,4)25(26)12-14-28(23,24)5/h15,18-20,22-26,30H,6-14,16-17,29H2,1-5H3/t19-,20+,22+,23-,24?,25?,26?,27+,28-/m1/s1. The van der Waals surface area contributed by atoms with Crippen LogP contribution in [0.25, 0.3) is 0 Å². The van der Waals surface area contributed by atoms with Crippen molar-refractivity contribution in [1.29, 1.82) is 0 Å². The second kappa shape index (κ2) is 8.54. The molecule has 0 aromatic carbocycles. The normalized spacial score (nSPS) is 46.7. The van der Waals surface area contributed by atoms with E-state index >= 15 is 0 Å². The van der Waals surface area contributed by atoms with Gasteiger partial charge >= 0.3 is 0 Å². The molecule has 0 radical (unpaired) electrons. The molecule has 2 nitrogen and oxygen atoms in total. The SMILES string of the molecule is CC(C)CCC[C@@H](C)[C@H]1CCC2C3C(CC[C@@]21C)[C@@]1(C)CC[C@H](O)CC1=C[C@H]3CN. The first kappa shape index (κ1) is 22.8. The summed E-state index contributed by atoms with van der Waals surface area (Å²) in [6, 6.07) is 0. The first-order valence-corrected chi connectivity index (χ1v) is 13.3. The highest BCUT2D eigenvalue weighted by molar-refractivity contribution is 5.27. The van der Waals surface area contributed by atoms with Gasteiger partial charge < -0.3 is 10.8 Å². The Morgan fingerprint density at radius 3 is 2.50 bits per heavy atom. The van der Waals surface area contributed by atoms with Gasteiger partial charge in [0.2, 0.25) is 0 Å². The fourth-order valence-corrected chi connectivity index (χ4v) is 9.05. The third-order valence-corrected chi connectivity index (χ3v) is 10.7. The third-order valence-electron chi connectivity index (χ3n) is 10.7. The van der Waals surface area contributed by atoms with Crippen LogP contribution in [0.3, 0.4) is 0 Å². The lowest BCUT2D eigenvalue weighted by molar-refractivity contribution is -0.0744. The van der Waals surface area contributed by atoms with Gasteiger partial charge in [-0.3, -0.25) is 0 Å². The van der Waals surface area contributed by atoms with Crippen molar-refractivity contribution >= 4 is 0 Å². The van der Waals surface area contributed by atoms with Crippen LogP contribution in [0.15, 0.2) is 11.6 Å². The fourth-order valence-electron chi connectivity index (χ4n) is 9.05. The highest BCUT2D eigenvalue weighted by atomic mass is 16.3. The first-order valence-electron chi connectivity index (χ1n) is 13.3. The van der Waals surface area contributed by atoms with Crippen molar-refractivity contribution in [1.82, 2.24) is 0 Å². The maximum absolute atomic E-state index is 10.3. The molecule has 0 bridgehead atoms. The number of hydrogen-bond acceptors (Lipinski definition) is 2. The molecule has 3 unspecified atom stereocenters. The Labute approximate surface area is 186 Å². The number of aliphatic hydroxyl groups is 1. The van der Waals surface area contributed by atoms with E-state index in [2.05, 4.69) is 40.7 Å². The number of aliphatic hydroxyl groups excluding tert-OH is 1. The van der Waals surface area contributed by atoms with E-state index in [1.54, 1.807) is 5.57 Å². The molecule has 9 atom stereocenters. The average molecular weight is 416 g/mol. The predicted molar refractivity (Wildman–Crippen MR) is 127 cm³/mol. The summed E-state index contributed by atoms with van der Waals surface area (Å²) < 4.78 is 0. The van der Waals surface area contributed by atoms with E-state index in [0.717, 1.165) is 54.9 Å². The van der Waals surface area contributed by atoms with E-state index in [4.69, 9.17) is 5.73 Å². The number of nitrogens with two attached hydrogens (primary N) is 1. The molecule has 0 saturated heterocycles. The first-order chi connectivity index (χ1) is 14.2. The molecule has 4 aliphatic rings. The van der Waals surface area contributed by atoms with E-state index in [-0.39, 0.29) is 6.10 Å².